The van der Waals surface area contributed by atoms with E-state index in [1.807, 2.05) is 30.5 Å². The Kier molecular flexibility index (Phi) is 3.66. The third-order valence-corrected chi connectivity index (χ3v) is 3.79. The lowest BCUT2D eigenvalue weighted by Crippen LogP contribution is -2.35. The van der Waals surface area contributed by atoms with Crippen LogP contribution in [0.15, 0.2) is 30.5 Å². The first-order valence-corrected chi connectivity index (χ1v) is 7.12. The monoisotopic (exact) mass is 300 g/mol. The molecule has 0 saturated carbocycles. The highest BCUT2D eigenvalue weighted by atomic mass is 16.5. The number of likely N-dealkylation sites (tertiary alicyclic amines) is 1. The van der Waals surface area contributed by atoms with Crippen molar-refractivity contribution in [1.29, 1.82) is 0 Å². The van der Waals surface area contributed by atoms with Crippen molar-refractivity contribution in [1.82, 2.24) is 9.88 Å². The van der Waals surface area contributed by atoms with E-state index >= 15 is 0 Å². The molecular weight excluding hydrogens is 284 g/mol. The predicted octanol–water partition coefficient (Wildman–Crippen LogP) is 1.40. The highest BCUT2D eigenvalue weighted by molar-refractivity contribution is 6.05. The van der Waals surface area contributed by atoms with Crippen molar-refractivity contribution in [2.45, 2.75) is 25.9 Å². The molecule has 22 heavy (non-hydrogen) atoms. The van der Waals surface area contributed by atoms with Gasteiger partial charge in [-0.3, -0.25) is 19.3 Å². The largest absolute Gasteiger partial charge is 0.452 e. The van der Waals surface area contributed by atoms with E-state index in [1.165, 1.54) is 11.8 Å². The molecule has 6 heteroatoms. The Morgan fingerprint density at radius 2 is 2.14 bits per heavy atom. The Labute approximate surface area is 127 Å². The minimum atomic E-state index is -0.965. The zero-order valence-electron chi connectivity index (χ0n) is 12.2. The number of carbonyl (C=O) groups is 3. The number of imide groups is 1. The summed E-state index contributed by atoms with van der Waals surface area (Å²) in [5.74, 6) is -1.28. The number of benzene rings is 1. The maximum absolute atomic E-state index is 12.1. The number of aromatic amines is 1. The molecule has 1 atom stereocenters. The molecule has 1 saturated heterocycles. The molecule has 2 aromatic rings. The molecule has 114 valence electrons. The minimum Gasteiger partial charge on any atom is -0.452 e. The van der Waals surface area contributed by atoms with Crippen LogP contribution in [0.2, 0.25) is 0 Å². The van der Waals surface area contributed by atoms with Crippen LogP contribution in [0, 0.1) is 0 Å². The number of ether oxygens (including phenoxy) is 1. The number of nitrogens with one attached hydrogen (secondary N) is 1. The van der Waals surface area contributed by atoms with Crippen LogP contribution in [0.4, 0.5) is 0 Å². The van der Waals surface area contributed by atoms with E-state index in [4.69, 9.17) is 4.74 Å². The number of para-hydroxylation sites is 1. The van der Waals surface area contributed by atoms with Crippen molar-refractivity contribution in [3.05, 3.63) is 36.0 Å². The first kappa shape index (κ1) is 14.3. The molecule has 0 bridgehead atoms. The molecule has 0 unspecified atom stereocenters. The zero-order chi connectivity index (χ0) is 15.7. The SMILES string of the molecule is CC(=O)O[C@@H]1CC(=O)N(CCc2c[nH]c3ccccc23)C1=O. The van der Waals surface area contributed by atoms with Crippen LogP contribution in [0.1, 0.15) is 18.9 Å². The zero-order valence-corrected chi connectivity index (χ0v) is 12.2. The molecule has 1 N–H and O–H groups in total. The molecule has 1 aromatic heterocycles. The van der Waals surface area contributed by atoms with Gasteiger partial charge in [0.2, 0.25) is 5.91 Å². The summed E-state index contributed by atoms with van der Waals surface area (Å²) in [5.41, 5.74) is 2.07. The molecule has 2 heterocycles. The van der Waals surface area contributed by atoms with Crippen LogP contribution < -0.4 is 0 Å². The summed E-state index contributed by atoms with van der Waals surface area (Å²) in [5, 5.41) is 1.08. The van der Waals surface area contributed by atoms with E-state index < -0.39 is 18.0 Å². The number of H-pyrrole nitrogens is 1. The van der Waals surface area contributed by atoms with E-state index in [0.29, 0.717) is 6.42 Å². The first-order chi connectivity index (χ1) is 10.6. The standard InChI is InChI=1S/C16H16N2O4/c1-10(19)22-14-8-15(20)18(16(14)21)7-6-11-9-17-13-5-3-2-4-12(11)13/h2-5,9,14,17H,6-8H2,1H3/t14-/m1/s1. The van der Waals surface area contributed by atoms with E-state index in [1.54, 1.807) is 0 Å². The summed E-state index contributed by atoms with van der Waals surface area (Å²) in [4.78, 5) is 39.3. The molecule has 1 aliphatic rings. The topological polar surface area (TPSA) is 79.5 Å². The summed E-state index contributed by atoms with van der Waals surface area (Å²) in [7, 11) is 0. The lowest BCUT2D eigenvalue weighted by atomic mass is 10.1. The maximum Gasteiger partial charge on any atom is 0.303 e. The van der Waals surface area contributed by atoms with Gasteiger partial charge in [0.1, 0.15) is 0 Å². The molecule has 1 aliphatic heterocycles. The summed E-state index contributed by atoms with van der Waals surface area (Å²) >= 11 is 0. The summed E-state index contributed by atoms with van der Waals surface area (Å²) < 4.78 is 4.87. The Morgan fingerprint density at radius 1 is 1.36 bits per heavy atom. The van der Waals surface area contributed by atoms with Crippen LogP contribution in [-0.4, -0.2) is 40.3 Å². The van der Waals surface area contributed by atoms with Gasteiger partial charge in [-0.15, -0.1) is 0 Å². The fourth-order valence-corrected chi connectivity index (χ4v) is 2.75. The fourth-order valence-electron chi connectivity index (χ4n) is 2.75. The number of nitrogens with zero attached hydrogens (tertiary/aromatic N) is 1. The average Bonchev–Trinajstić information content (AvgIpc) is 2.99. The molecule has 0 radical (unpaired) electrons. The Hall–Kier alpha value is -2.63. The second-order valence-electron chi connectivity index (χ2n) is 5.30. The minimum absolute atomic E-state index is 0.0632. The van der Waals surface area contributed by atoms with Crippen molar-refractivity contribution >= 4 is 28.7 Å². The second-order valence-corrected chi connectivity index (χ2v) is 5.30. The van der Waals surface area contributed by atoms with Crippen LogP contribution in [0.25, 0.3) is 10.9 Å². The van der Waals surface area contributed by atoms with Gasteiger partial charge in [-0.1, -0.05) is 18.2 Å². The van der Waals surface area contributed by atoms with Crippen molar-refractivity contribution in [2.75, 3.05) is 6.54 Å². The van der Waals surface area contributed by atoms with Gasteiger partial charge in [-0.05, 0) is 18.1 Å². The quantitative estimate of drug-likeness (QED) is 0.684. The molecule has 0 aliphatic carbocycles. The number of hydrogen-bond acceptors (Lipinski definition) is 4. The molecule has 1 fully saturated rings. The highest BCUT2D eigenvalue weighted by Gasteiger charge is 2.40. The van der Waals surface area contributed by atoms with Crippen LogP contribution >= 0.6 is 0 Å². The van der Waals surface area contributed by atoms with Gasteiger partial charge in [0.25, 0.3) is 5.91 Å². The predicted molar refractivity (Wildman–Crippen MR) is 78.9 cm³/mol. The normalized spacial score (nSPS) is 18.2. The lowest BCUT2D eigenvalue weighted by Gasteiger charge is -2.14. The van der Waals surface area contributed by atoms with E-state index in [2.05, 4.69) is 4.98 Å². The fraction of sp³-hybridized carbons (Fsp3) is 0.312. The molecule has 2 amide bonds. The van der Waals surface area contributed by atoms with Crippen molar-refractivity contribution in [2.24, 2.45) is 0 Å². The third kappa shape index (κ3) is 2.59. The molecule has 6 nitrogen and oxygen atoms in total. The molecule has 0 spiro atoms. The summed E-state index contributed by atoms with van der Waals surface area (Å²) in [6.45, 7) is 1.52. The van der Waals surface area contributed by atoms with E-state index in [-0.39, 0.29) is 18.9 Å². The van der Waals surface area contributed by atoms with E-state index in [0.717, 1.165) is 16.5 Å². The van der Waals surface area contributed by atoms with Crippen LogP contribution in [-0.2, 0) is 25.5 Å². The van der Waals surface area contributed by atoms with Gasteiger partial charge in [-0.2, -0.15) is 0 Å². The summed E-state index contributed by atoms with van der Waals surface area (Å²) in [6, 6.07) is 7.86. The van der Waals surface area contributed by atoms with E-state index in [9.17, 15) is 14.4 Å². The third-order valence-electron chi connectivity index (χ3n) is 3.79. The molecular formula is C16H16N2O4. The van der Waals surface area contributed by atoms with Gasteiger partial charge < -0.3 is 9.72 Å². The number of fused-ring (bicyclic) bond motifs is 1. The van der Waals surface area contributed by atoms with Gasteiger partial charge in [0.15, 0.2) is 6.10 Å². The number of carbonyl (C=O) groups excluding carboxylic acids is 3. The van der Waals surface area contributed by atoms with Crippen molar-refractivity contribution in [3.8, 4) is 0 Å². The summed E-state index contributed by atoms with van der Waals surface area (Å²) in [6.07, 6.45) is 1.42. The maximum atomic E-state index is 12.1. The van der Waals surface area contributed by atoms with Gasteiger partial charge in [0, 0.05) is 30.6 Å². The average molecular weight is 300 g/mol. The van der Waals surface area contributed by atoms with Crippen LogP contribution in [0.5, 0.6) is 0 Å². The Balaban J connectivity index is 1.70. The Morgan fingerprint density at radius 3 is 2.91 bits per heavy atom. The smallest absolute Gasteiger partial charge is 0.303 e. The van der Waals surface area contributed by atoms with Gasteiger partial charge >= 0.3 is 5.97 Å². The van der Waals surface area contributed by atoms with Crippen LogP contribution in [0.3, 0.4) is 0 Å². The van der Waals surface area contributed by atoms with Crippen molar-refractivity contribution < 1.29 is 19.1 Å². The number of hydrogen-bond donors (Lipinski definition) is 1. The van der Waals surface area contributed by atoms with Gasteiger partial charge in [-0.25, -0.2) is 0 Å². The van der Waals surface area contributed by atoms with Gasteiger partial charge in [0.05, 0.1) is 6.42 Å². The van der Waals surface area contributed by atoms with Crippen molar-refractivity contribution in [3.63, 3.8) is 0 Å². The molecule has 1 aromatic carbocycles. The Bertz CT molecular complexity index is 749. The number of amides is 2. The molecule has 3 rings (SSSR count). The first-order valence-electron chi connectivity index (χ1n) is 7.12. The number of aromatic nitrogens is 1. The highest BCUT2D eigenvalue weighted by Crippen LogP contribution is 2.21. The lowest BCUT2D eigenvalue weighted by molar-refractivity contribution is -0.154. The second kappa shape index (κ2) is 5.63. The number of esters is 1. The number of rotatable bonds is 4.